The summed E-state index contributed by atoms with van der Waals surface area (Å²) in [6.07, 6.45) is 1.75. The first-order valence-electron chi connectivity index (χ1n) is 5.88. The summed E-state index contributed by atoms with van der Waals surface area (Å²) in [6, 6.07) is 11.5. The van der Waals surface area contributed by atoms with Crippen LogP contribution in [0.3, 0.4) is 0 Å². The third kappa shape index (κ3) is 2.15. The second kappa shape index (κ2) is 4.66. The summed E-state index contributed by atoms with van der Waals surface area (Å²) in [5.74, 6) is 1.59. The SMILES string of the molecule is NC1COc2cc(OCc3ccccn3)ccc21. The number of nitrogens with zero attached hydrogens (tertiary/aromatic N) is 1. The van der Waals surface area contributed by atoms with Crippen LogP contribution in [-0.2, 0) is 6.61 Å². The van der Waals surface area contributed by atoms with E-state index in [-0.39, 0.29) is 6.04 Å². The molecule has 0 radical (unpaired) electrons. The molecular weight excluding hydrogens is 228 g/mol. The van der Waals surface area contributed by atoms with E-state index in [4.69, 9.17) is 15.2 Å². The van der Waals surface area contributed by atoms with Gasteiger partial charge in [-0.25, -0.2) is 0 Å². The summed E-state index contributed by atoms with van der Waals surface area (Å²) in [5, 5.41) is 0. The van der Waals surface area contributed by atoms with Crippen molar-refractivity contribution in [2.45, 2.75) is 12.6 Å². The van der Waals surface area contributed by atoms with Crippen LogP contribution in [0.15, 0.2) is 42.6 Å². The lowest BCUT2D eigenvalue weighted by Crippen LogP contribution is -2.10. The van der Waals surface area contributed by atoms with Crippen LogP contribution in [0.1, 0.15) is 17.3 Å². The minimum Gasteiger partial charge on any atom is -0.491 e. The van der Waals surface area contributed by atoms with Crippen LogP contribution < -0.4 is 15.2 Å². The van der Waals surface area contributed by atoms with Gasteiger partial charge >= 0.3 is 0 Å². The molecule has 18 heavy (non-hydrogen) atoms. The van der Waals surface area contributed by atoms with Crippen molar-refractivity contribution in [3.8, 4) is 11.5 Å². The van der Waals surface area contributed by atoms with Crippen LogP contribution in [0, 0.1) is 0 Å². The van der Waals surface area contributed by atoms with Gasteiger partial charge in [-0.3, -0.25) is 4.98 Å². The Morgan fingerprint density at radius 1 is 1.33 bits per heavy atom. The quantitative estimate of drug-likeness (QED) is 0.895. The minimum atomic E-state index is -0.0233. The summed E-state index contributed by atoms with van der Waals surface area (Å²) >= 11 is 0. The van der Waals surface area contributed by atoms with Crippen molar-refractivity contribution >= 4 is 0 Å². The molecule has 0 bridgehead atoms. The van der Waals surface area contributed by atoms with Crippen LogP contribution in [-0.4, -0.2) is 11.6 Å². The number of benzene rings is 1. The zero-order valence-corrected chi connectivity index (χ0v) is 9.87. The van der Waals surface area contributed by atoms with Gasteiger partial charge < -0.3 is 15.2 Å². The Morgan fingerprint density at radius 2 is 2.28 bits per heavy atom. The van der Waals surface area contributed by atoms with E-state index in [0.29, 0.717) is 13.2 Å². The molecule has 1 aromatic carbocycles. The monoisotopic (exact) mass is 242 g/mol. The van der Waals surface area contributed by atoms with E-state index >= 15 is 0 Å². The van der Waals surface area contributed by atoms with E-state index in [1.54, 1.807) is 6.20 Å². The van der Waals surface area contributed by atoms with Crippen LogP contribution >= 0.6 is 0 Å². The number of aromatic nitrogens is 1. The van der Waals surface area contributed by atoms with Crippen molar-refractivity contribution in [3.05, 3.63) is 53.9 Å². The molecule has 4 heteroatoms. The average Bonchev–Trinajstić information content (AvgIpc) is 2.79. The van der Waals surface area contributed by atoms with Crippen LogP contribution in [0.4, 0.5) is 0 Å². The van der Waals surface area contributed by atoms with E-state index in [1.807, 2.05) is 36.4 Å². The fourth-order valence-corrected chi connectivity index (χ4v) is 1.95. The summed E-state index contributed by atoms with van der Waals surface area (Å²) in [7, 11) is 0. The fourth-order valence-electron chi connectivity index (χ4n) is 1.95. The third-order valence-electron chi connectivity index (χ3n) is 2.92. The molecule has 0 aliphatic carbocycles. The summed E-state index contributed by atoms with van der Waals surface area (Å²) in [4.78, 5) is 4.20. The third-order valence-corrected chi connectivity index (χ3v) is 2.92. The van der Waals surface area contributed by atoms with Gasteiger partial charge in [-0.05, 0) is 24.3 Å². The highest BCUT2D eigenvalue weighted by Crippen LogP contribution is 2.34. The van der Waals surface area contributed by atoms with Gasteiger partial charge in [-0.15, -0.1) is 0 Å². The van der Waals surface area contributed by atoms with E-state index in [9.17, 15) is 0 Å². The molecule has 0 saturated heterocycles. The van der Waals surface area contributed by atoms with Gasteiger partial charge in [0.15, 0.2) is 0 Å². The Labute approximate surface area is 105 Å². The van der Waals surface area contributed by atoms with Crippen molar-refractivity contribution in [2.24, 2.45) is 5.73 Å². The van der Waals surface area contributed by atoms with Gasteiger partial charge in [-0.1, -0.05) is 6.07 Å². The van der Waals surface area contributed by atoms with E-state index < -0.39 is 0 Å². The average molecular weight is 242 g/mol. The van der Waals surface area contributed by atoms with Crippen molar-refractivity contribution in [3.63, 3.8) is 0 Å². The molecule has 1 aliphatic heterocycles. The molecule has 1 unspecified atom stereocenters. The summed E-state index contributed by atoms with van der Waals surface area (Å²) in [5.41, 5.74) is 7.83. The highest BCUT2D eigenvalue weighted by atomic mass is 16.5. The summed E-state index contributed by atoms with van der Waals surface area (Å²) < 4.78 is 11.2. The van der Waals surface area contributed by atoms with Crippen LogP contribution in [0.2, 0.25) is 0 Å². The fraction of sp³-hybridized carbons (Fsp3) is 0.214. The van der Waals surface area contributed by atoms with Gasteiger partial charge in [0.1, 0.15) is 24.7 Å². The molecule has 2 aromatic rings. The molecule has 0 spiro atoms. The number of ether oxygens (including phenoxy) is 2. The first-order chi connectivity index (χ1) is 8.83. The highest BCUT2D eigenvalue weighted by molar-refractivity contribution is 5.44. The number of pyridine rings is 1. The van der Waals surface area contributed by atoms with Gasteiger partial charge in [-0.2, -0.15) is 0 Å². The van der Waals surface area contributed by atoms with Gasteiger partial charge in [0.25, 0.3) is 0 Å². The van der Waals surface area contributed by atoms with Crippen molar-refractivity contribution < 1.29 is 9.47 Å². The number of fused-ring (bicyclic) bond motifs is 1. The predicted octanol–water partition coefficient (Wildman–Crippen LogP) is 2.05. The lowest BCUT2D eigenvalue weighted by Gasteiger charge is -2.07. The zero-order valence-electron chi connectivity index (χ0n) is 9.87. The molecule has 2 N–H and O–H groups in total. The van der Waals surface area contributed by atoms with Crippen molar-refractivity contribution in [1.29, 1.82) is 0 Å². The second-order valence-corrected chi connectivity index (χ2v) is 4.23. The Hall–Kier alpha value is -2.07. The van der Waals surface area contributed by atoms with Crippen LogP contribution in [0.25, 0.3) is 0 Å². The van der Waals surface area contributed by atoms with Crippen LogP contribution in [0.5, 0.6) is 11.5 Å². The molecule has 0 fully saturated rings. The topological polar surface area (TPSA) is 57.4 Å². The highest BCUT2D eigenvalue weighted by Gasteiger charge is 2.20. The number of nitrogens with two attached hydrogens (primary N) is 1. The maximum absolute atomic E-state index is 5.89. The first kappa shape index (κ1) is 11.0. The molecular formula is C14H14N2O2. The maximum Gasteiger partial charge on any atom is 0.130 e. The lowest BCUT2D eigenvalue weighted by atomic mass is 10.1. The Kier molecular flexibility index (Phi) is 2.86. The molecule has 1 atom stereocenters. The Morgan fingerprint density at radius 3 is 3.11 bits per heavy atom. The molecule has 2 heterocycles. The molecule has 0 amide bonds. The second-order valence-electron chi connectivity index (χ2n) is 4.23. The molecule has 92 valence electrons. The van der Waals surface area contributed by atoms with Gasteiger partial charge in [0.2, 0.25) is 0 Å². The molecule has 0 saturated carbocycles. The maximum atomic E-state index is 5.89. The molecule has 4 nitrogen and oxygen atoms in total. The summed E-state index contributed by atoms with van der Waals surface area (Å²) in [6.45, 7) is 0.991. The van der Waals surface area contributed by atoms with Crippen molar-refractivity contribution in [2.75, 3.05) is 6.61 Å². The number of hydrogen-bond donors (Lipinski definition) is 1. The zero-order chi connectivity index (χ0) is 12.4. The van der Waals surface area contributed by atoms with E-state index in [2.05, 4.69) is 4.98 Å². The van der Waals surface area contributed by atoms with E-state index in [1.165, 1.54) is 0 Å². The normalized spacial score (nSPS) is 17.1. The Bertz CT molecular complexity index is 543. The van der Waals surface area contributed by atoms with Gasteiger partial charge in [0, 0.05) is 17.8 Å². The standard InChI is InChI=1S/C14H14N2O2/c15-13-9-18-14-7-11(4-5-12(13)14)17-8-10-3-1-2-6-16-10/h1-7,13H,8-9,15H2. The number of hydrogen-bond acceptors (Lipinski definition) is 4. The predicted molar refractivity (Wildman–Crippen MR) is 67.4 cm³/mol. The largest absolute Gasteiger partial charge is 0.491 e. The first-order valence-corrected chi connectivity index (χ1v) is 5.88. The van der Waals surface area contributed by atoms with Gasteiger partial charge in [0.05, 0.1) is 11.7 Å². The smallest absolute Gasteiger partial charge is 0.130 e. The minimum absolute atomic E-state index is 0.0233. The van der Waals surface area contributed by atoms with E-state index in [0.717, 1.165) is 22.8 Å². The number of rotatable bonds is 3. The molecule has 1 aromatic heterocycles. The van der Waals surface area contributed by atoms with Crippen molar-refractivity contribution in [1.82, 2.24) is 4.98 Å². The molecule has 3 rings (SSSR count). The Balaban J connectivity index is 1.71. The molecule has 1 aliphatic rings. The lowest BCUT2D eigenvalue weighted by molar-refractivity contribution is 0.296.